The highest BCUT2D eigenvalue weighted by Crippen LogP contribution is 2.41. The molecule has 4 aromatic rings. The molecule has 0 saturated heterocycles. The molecule has 0 bridgehead atoms. The summed E-state index contributed by atoms with van der Waals surface area (Å²) in [6.07, 6.45) is 0. The minimum atomic E-state index is 0.715. The van der Waals surface area contributed by atoms with Gasteiger partial charge in [-0.1, -0.05) is 41.9 Å². The number of benzene rings is 3. The van der Waals surface area contributed by atoms with Gasteiger partial charge < -0.3 is 4.42 Å². The molecule has 0 N–H and O–H groups in total. The van der Waals surface area contributed by atoms with Crippen LogP contribution < -0.4 is 0 Å². The average Bonchev–Trinajstić information content (AvgIpc) is 2.80. The highest BCUT2D eigenvalue weighted by Gasteiger charge is 2.15. The smallest absolute Gasteiger partial charge is 0.144 e. The van der Waals surface area contributed by atoms with Crippen molar-refractivity contribution >= 4 is 60.2 Å². The molecule has 4 rings (SSSR count). The quantitative estimate of drug-likeness (QED) is 0.376. The molecule has 0 amide bonds. The van der Waals surface area contributed by atoms with E-state index in [1.165, 1.54) is 0 Å². The molecule has 0 aliphatic heterocycles. The molecule has 0 aliphatic carbocycles. The molecule has 3 aromatic carbocycles. The highest BCUT2D eigenvalue weighted by atomic mass is 79.9. The van der Waals surface area contributed by atoms with Gasteiger partial charge >= 0.3 is 0 Å². The van der Waals surface area contributed by atoms with Crippen molar-refractivity contribution in [3.05, 3.63) is 58.0 Å². The Balaban J connectivity index is 2.38. The fraction of sp³-hybridized carbons (Fsp3) is 0. The normalized spacial score (nSPS) is 11.7. The van der Waals surface area contributed by atoms with Crippen molar-refractivity contribution in [3.63, 3.8) is 0 Å². The summed E-state index contributed by atoms with van der Waals surface area (Å²) in [4.78, 5) is 0. The Labute approximate surface area is 122 Å². The lowest BCUT2D eigenvalue weighted by Gasteiger charge is -2.01. The van der Waals surface area contributed by atoms with Gasteiger partial charge in [0.15, 0.2) is 0 Å². The standard InChI is InChI=1S/C16H8BrClO/c17-11-8-9-4-1-2-5-10(9)16-14(11)15-12(18)6-3-7-13(15)19-16/h1-8H. The van der Waals surface area contributed by atoms with Crippen LogP contribution in [0.4, 0.5) is 0 Å². The zero-order valence-electron chi connectivity index (χ0n) is 9.78. The van der Waals surface area contributed by atoms with Gasteiger partial charge in [0, 0.05) is 20.6 Å². The van der Waals surface area contributed by atoms with E-state index in [1.54, 1.807) is 0 Å². The summed E-state index contributed by atoms with van der Waals surface area (Å²) in [7, 11) is 0. The topological polar surface area (TPSA) is 13.1 Å². The van der Waals surface area contributed by atoms with Crippen molar-refractivity contribution in [1.82, 2.24) is 0 Å². The first-order chi connectivity index (χ1) is 9.25. The number of rotatable bonds is 0. The summed E-state index contributed by atoms with van der Waals surface area (Å²) in [6, 6.07) is 16.0. The van der Waals surface area contributed by atoms with Crippen molar-refractivity contribution in [2.24, 2.45) is 0 Å². The molecule has 0 aliphatic rings. The van der Waals surface area contributed by atoms with Crippen LogP contribution >= 0.6 is 27.5 Å². The summed E-state index contributed by atoms with van der Waals surface area (Å²) < 4.78 is 7.02. The summed E-state index contributed by atoms with van der Waals surface area (Å²) in [6.45, 7) is 0. The van der Waals surface area contributed by atoms with Crippen LogP contribution in [0.1, 0.15) is 0 Å². The van der Waals surface area contributed by atoms with E-state index in [0.29, 0.717) is 5.02 Å². The maximum Gasteiger partial charge on any atom is 0.144 e. The SMILES string of the molecule is Clc1cccc2oc3c4ccccc4cc(Br)c3c12. The zero-order chi connectivity index (χ0) is 13.0. The Hall–Kier alpha value is -1.51. The van der Waals surface area contributed by atoms with Crippen molar-refractivity contribution < 1.29 is 4.42 Å². The molecule has 1 heterocycles. The van der Waals surface area contributed by atoms with E-state index >= 15 is 0 Å². The molecule has 1 nitrogen and oxygen atoms in total. The summed E-state index contributed by atoms with van der Waals surface area (Å²) in [5.74, 6) is 0. The van der Waals surface area contributed by atoms with Gasteiger partial charge in [-0.2, -0.15) is 0 Å². The van der Waals surface area contributed by atoms with Crippen molar-refractivity contribution in [1.29, 1.82) is 0 Å². The Bertz CT molecular complexity index is 940. The fourth-order valence-corrected chi connectivity index (χ4v) is 3.45. The van der Waals surface area contributed by atoms with E-state index < -0.39 is 0 Å². The first kappa shape index (κ1) is 11.3. The van der Waals surface area contributed by atoms with E-state index in [0.717, 1.165) is 37.2 Å². The van der Waals surface area contributed by atoms with Crippen LogP contribution in [-0.2, 0) is 0 Å². The minimum absolute atomic E-state index is 0.715. The number of hydrogen-bond donors (Lipinski definition) is 0. The molecular weight excluding hydrogens is 324 g/mol. The van der Waals surface area contributed by atoms with Gasteiger partial charge in [-0.3, -0.25) is 0 Å². The van der Waals surface area contributed by atoms with Gasteiger partial charge in [-0.15, -0.1) is 0 Å². The average molecular weight is 332 g/mol. The predicted molar refractivity (Wildman–Crippen MR) is 83.9 cm³/mol. The first-order valence-corrected chi connectivity index (χ1v) is 7.11. The number of fused-ring (bicyclic) bond motifs is 5. The lowest BCUT2D eigenvalue weighted by molar-refractivity contribution is 0.672. The van der Waals surface area contributed by atoms with Gasteiger partial charge in [0.1, 0.15) is 11.2 Å². The summed E-state index contributed by atoms with van der Waals surface area (Å²) in [5.41, 5.74) is 1.70. The Morgan fingerprint density at radius 2 is 1.79 bits per heavy atom. The molecule has 1 aromatic heterocycles. The second-order valence-corrected chi connectivity index (χ2v) is 5.76. The van der Waals surface area contributed by atoms with Gasteiger partial charge in [0.2, 0.25) is 0 Å². The van der Waals surface area contributed by atoms with Crippen LogP contribution in [0.5, 0.6) is 0 Å². The van der Waals surface area contributed by atoms with E-state index in [4.69, 9.17) is 16.0 Å². The molecule has 0 saturated carbocycles. The van der Waals surface area contributed by atoms with Crippen LogP contribution in [-0.4, -0.2) is 0 Å². The van der Waals surface area contributed by atoms with E-state index in [1.807, 2.05) is 30.3 Å². The number of furan rings is 1. The Morgan fingerprint density at radius 3 is 2.68 bits per heavy atom. The van der Waals surface area contributed by atoms with Crippen LogP contribution in [0.2, 0.25) is 5.02 Å². The second kappa shape index (κ2) is 3.99. The third kappa shape index (κ3) is 1.54. The largest absolute Gasteiger partial charge is 0.455 e. The Morgan fingerprint density at radius 1 is 0.947 bits per heavy atom. The van der Waals surface area contributed by atoms with Gasteiger partial charge in [-0.05, 0) is 39.5 Å². The molecule has 92 valence electrons. The van der Waals surface area contributed by atoms with Crippen LogP contribution in [0.25, 0.3) is 32.7 Å². The first-order valence-electron chi connectivity index (χ1n) is 5.93. The van der Waals surface area contributed by atoms with Crippen molar-refractivity contribution in [3.8, 4) is 0 Å². The predicted octanol–water partition coefficient (Wildman–Crippen LogP) is 6.16. The zero-order valence-corrected chi connectivity index (χ0v) is 12.1. The molecular formula is C16H8BrClO. The van der Waals surface area contributed by atoms with Crippen molar-refractivity contribution in [2.45, 2.75) is 0 Å². The minimum Gasteiger partial charge on any atom is -0.455 e. The number of halogens is 2. The molecule has 0 radical (unpaired) electrons. The van der Waals surface area contributed by atoms with Crippen molar-refractivity contribution in [2.75, 3.05) is 0 Å². The van der Waals surface area contributed by atoms with E-state index in [9.17, 15) is 0 Å². The lowest BCUT2D eigenvalue weighted by Crippen LogP contribution is -1.76. The molecule has 0 fully saturated rings. The number of hydrogen-bond acceptors (Lipinski definition) is 1. The van der Waals surface area contributed by atoms with Crippen LogP contribution in [0, 0.1) is 0 Å². The molecule has 0 unspecified atom stereocenters. The Kier molecular flexibility index (Phi) is 2.38. The van der Waals surface area contributed by atoms with E-state index in [-0.39, 0.29) is 0 Å². The maximum atomic E-state index is 6.32. The molecule has 19 heavy (non-hydrogen) atoms. The summed E-state index contributed by atoms with van der Waals surface area (Å²) >= 11 is 9.95. The third-order valence-electron chi connectivity index (χ3n) is 3.39. The van der Waals surface area contributed by atoms with Gasteiger partial charge in [-0.25, -0.2) is 0 Å². The fourth-order valence-electron chi connectivity index (χ4n) is 2.56. The second-order valence-electron chi connectivity index (χ2n) is 4.50. The highest BCUT2D eigenvalue weighted by molar-refractivity contribution is 9.10. The lowest BCUT2D eigenvalue weighted by atomic mass is 10.1. The maximum absolute atomic E-state index is 6.32. The van der Waals surface area contributed by atoms with Crippen LogP contribution in [0.3, 0.4) is 0 Å². The molecule has 0 atom stereocenters. The van der Waals surface area contributed by atoms with E-state index in [2.05, 4.69) is 34.1 Å². The van der Waals surface area contributed by atoms with Crippen LogP contribution in [0.15, 0.2) is 57.4 Å². The van der Waals surface area contributed by atoms with Gasteiger partial charge in [0.05, 0.1) is 5.02 Å². The summed E-state index contributed by atoms with van der Waals surface area (Å²) in [5, 5.41) is 4.98. The molecule has 3 heteroatoms. The third-order valence-corrected chi connectivity index (χ3v) is 4.33. The monoisotopic (exact) mass is 330 g/mol. The van der Waals surface area contributed by atoms with Gasteiger partial charge in [0.25, 0.3) is 0 Å². The molecule has 0 spiro atoms.